The number of carbonyl (C=O) groups is 2. The van der Waals surface area contributed by atoms with Crippen molar-refractivity contribution >= 4 is 23.7 Å². The van der Waals surface area contributed by atoms with Crippen LogP contribution in [0.2, 0.25) is 0 Å². The molecular weight excluding hydrogens is 326 g/mol. The molecule has 2 rings (SSSR count). The highest BCUT2D eigenvalue weighted by Gasteiger charge is 2.42. The van der Waals surface area contributed by atoms with E-state index < -0.39 is 0 Å². The second-order valence-corrected chi connectivity index (χ2v) is 7.95. The molecule has 2 aliphatic heterocycles. The van der Waals surface area contributed by atoms with E-state index in [0.717, 1.165) is 50.8 Å². The van der Waals surface area contributed by atoms with Crippen LogP contribution in [-0.4, -0.2) is 64.7 Å². The second-order valence-electron chi connectivity index (χ2n) is 6.68. The van der Waals surface area contributed by atoms with E-state index in [-0.39, 0.29) is 30.6 Å². The number of hydrogen-bond acceptors (Lipinski definition) is 4. The Labute approximate surface area is 149 Å². The van der Waals surface area contributed by atoms with Crippen LogP contribution in [0.3, 0.4) is 0 Å². The number of aliphatic hydroxyl groups excluding tert-OH is 1. The van der Waals surface area contributed by atoms with Crippen molar-refractivity contribution in [2.45, 2.75) is 69.2 Å². The van der Waals surface area contributed by atoms with Gasteiger partial charge in [-0.15, -0.1) is 0 Å². The Balaban J connectivity index is 1.63. The molecule has 2 fully saturated rings. The molecular formula is C17H31N3O3S. The highest BCUT2D eigenvalue weighted by molar-refractivity contribution is 8.00. The number of nitrogens with zero attached hydrogens (tertiary/aromatic N) is 1. The first kappa shape index (κ1) is 19.4. The SMILES string of the molecule is CCCCCN(CCO)C(=O)CCCC[C@@H]1SC[C@@H]2NC(=O)N[C@@H]21. The molecule has 7 heteroatoms. The molecule has 0 unspecified atom stereocenters. The number of aliphatic hydroxyl groups is 1. The molecule has 3 amide bonds. The summed E-state index contributed by atoms with van der Waals surface area (Å²) >= 11 is 1.92. The van der Waals surface area contributed by atoms with Gasteiger partial charge in [-0.25, -0.2) is 4.79 Å². The third kappa shape index (κ3) is 5.55. The van der Waals surface area contributed by atoms with Gasteiger partial charge in [-0.3, -0.25) is 4.79 Å². The van der Waals surface area contributed by atoms with Crippen LogP contribution in [0.25, 0.3) is 0 Å². The summed E-state index contributed by atoms with van der Waals surface area (Å²) in [5.41, 5.74) is 0. The van der Waals surface area contributed by atoms with Gasteiger partial charge < -0.3 is 20.6 Å². The lowest BCUT2D eigenvalue weighted by Gasteiger charge is -2.22. The van der Waals surface area contributed by atoms with E-state index in [1.54, 1.807) is 4.90 Å². The van der Waals surface area contributed by atoms with Crippen LogP contribution in [0, 0.1) is 0 Å². The number of fused-ring (bicyclic) bond motifs is 1. The second kappa shape index (κ2) is 10.1. The predicted octanol–water partition coefficient (Wildman–Crippen LogP) is 1.72. The molecule has 3 atom stereocenters. The molecule has 0 saturated carbocycles. The third-order valence-corrected chi connectivity index (χ3v) is 6.33. The number of thioether (sulfide) groups is 1. The summed E-state index contributed by atoms with van der Waals surface area (Å²) in [4.78, 5) is 25.5. The smallest absolute Gasteiger partial charge is 0.315 e. The van der Waals surface area contributed by atoms with Crippen LogP contribution in [0.5, 0.6) is 0 Å². The predicted molar refractivity (Wildman–Crippen MR) is 97.1 cm³/mol. The largest absolute Gasteiger partial charge is 0.395 e. The van der Waals surface area contributed by atoms with E-state index in [2.05, 4.69) is 17.6 Å². The minimum Gasteiger partial charge on any atom is -0.395 e. The highest BCUT2D eigenvalue weighted by atomic mass is 32.2. The van der Waals surface area contributed by atoms with E-state index in [1.165, 1.54) is 0 Å². The van der Waals surface area contributed by atoms with Gasteiger partial charge in [-0.1, -0.05) is 26.2 Å². The summed E-state index contributed by atoms with van der Waals surface area (Å²) in [6.07, 6.45) is 6.74. The molecule has 0 spiro atoms. The zero-order valence-corrected chi connectivity index (χ0v) is 15.4. The minimum atomic E-state index is -0.0443. The third-order valence-electron chi connectivity index (χ3n) is 4.82. The molecule has 0 aromatic rings. The van der Waals surface area contributed by atoms with Crippen LogP contribution in [-0.2, 0) is 4.79 Å². The van der Waals surface area contributed by atoms with Crippen molar-refractivity contribution < 1.29 is 14.7 Å². The van der Waals surface area contributed by atoms with Gasteiger partial charge >= 0.3 is 6.03 Å². The van der Waals surface area contributed by atoms with Crippen LogP contribution in [0.4, 0.5) is 4.79 Å². The lowest BCUT2D eigenvalue weighted by Crippen LogP contribution is -2.37. The summed E-state index contributed by atoms with van der Waals surface area (Å²) in [5, 5.41) is 15.5. The van der Waals surface area contributed by atoms with Crippen molar-refractivity contribution in [2.24, 2.45) is 0 Å². The average molecular weight is 358 g/mol. The summed E-state index contributed by atoms with van der Waals surface area (Å²) in [5.74, 6) is 1.14. The van der Waals surface area contributed by atoms with Crippen molar-refractivity contribution in [2.75, 3.05) is 25.4 Å². The van der Waals surface area contributed by atoms with E-state index in [4.69, 9.17) is 5.11 Å². The highest BCUT2D eigenvalue weighted by Crippen LogP contribution is 2.33. The fourth-order valence-corrected chi connectivity index (χ4v) is 5.00. The van der Waals surface area contributed by atoms with Crippen LogP contribution in [0.15, 0.2) is 0 Å². The summed E-state index contributed by atoms with van der Waals surface area (Å²) in [7, 11) is 0. The summed E-state index contributed by atoms with van der Waals surface area (Å²) in [6.45, 7) is 3.38. The number of urea groups is 1. The van der Waals surface area contributed by atoms with E-state index in [1.807, 2.05) is 11.8 Å². The lowest BCUT2D eigenvalue weighted by molar-refractivity contribution is -0.131. The van der Waals surface area contributed by atoms with Gasteiger partial charge in [0.25, 0.3) is 0 Å². The average Bonchev–Trinajstić information content (AvgIpc) is 3.10. The van der Waals surface area contributed by atoms with Crippen molar-refractivity contribution in [1.82, 2.24) is 15.5 Å². The fraction of sp³-hybridized carbons (Fsp3) is 0.882. The van der Waals surface area contributed by atoms with E-state index in [9.17, 15) is 9.59 Å². The number of carbonyl (C=O) groups excluding carboxylic acids is 2. The fourth-order valence-electron chi connectivity index (χ4n) is 3.46. The monoisotopic (exact) mass is 357 g/mol. The molecule has 138 valence electrons. The maximum absolute atomic E-state index is 12.3. The zero-order chi connectivity index (χ0) is 17.4. The molecule has 2 aliphatic rings. The maximum Gasteiger partial charge on any atom is 0.315 e. The summed E-state index contributed by atoms with van der Waals surface area (Å²) in [6, 6.07) is 0.475. The normalized spacial score (nSPS) is 25.2. The van der Waals surface area contributed by atoms with Gasteiger partial charge in [0.15, 0.2) is 0 Å². The molecule has 2 heterocycles. The molecule has 24 heavy (non-hydrogen) atoms. The minimum absolute atomic E-state index is 0.0341. The van der Waals surface area contributed by atoms with Crippen LogP contribution >= 0.6 is 11.8 Å². The van der Waals surface area contributed by atoms with Crippen LogP contribution in [0.1, 0.15) is 51.9 Å². The Morgan fingerprint density at radius 3 is 2.83 bits per heavy atom. The first-order valence-electron chi connectivity index (χ1n) is 9.23. The number of amides is 3. The van der Waals surface area contributed by atoms with Gasteiger partial charge in [0.1, 0.15) is 0 Å². The first-order chi connectivity index (χ1) is 11.7. The Bertz CT molecular complexity index is 422. The number of hydrogen-bond donors (Lipinski definition) is 3. The molecule has 0 aromatic heterocycles. The Kier molecular flexibility index (Phi) is 8.18. The quantitative estimate of drug-likeness (QED) is 0.388. The van der Waals surface area contributed by atoms with E-state index >= 15 is 0 Å². The molecule has 3 N–H and O–H groups in total. The van der Waals surface area contributed by atoms with Gasteiger partial charge in [0.05, 0.1) is 18.7 Å². The molecule has 0 radical (unpaired) electrons. The van der Waals surface area contributed by atoms with Gasteiger partial charge in [-0.05, 0) is 19.3 Å². The first-order valence-corrected chi connectivity index (χ1v) is 10.3. The van der Waals surface area contributed by atoms with Crippen LogP contribution < -0.4 is 10.6 Å². The zero-order valence-electron chi connectivity index (χ0n) is 14.6. The number of rotatable bonds is 11. The number of unbranched alkanes of at least 4 members (excludes halogenated alkanes) is 3. The van der Waals surface area contributed by atoms with E-state index in [0.29, 0.717) is 18.2 Å². The Morgan fingerprint density at radius 2 is 2.08 bits per heavy atom. The Morgan fingerprint density at radius 1 is 1.25 bits per heavy atom. The summed E-state index contributed by atoms with van der Waals surface area (Å²) < 4.78 is 0. The van der Waals surface area contributed by atoms with Gasteiger partial charge in [0.2, 0.25) is 5.91 Å². The lowest BCUT2D eigenvalue weighted by atomic mass is 10.0. The Hall–Kier alpha value is -0.950. The number of nitrogens with one attached hydrogen (secondary N) is 2. The molecule has 0 bridgehead atoms. The molecule has 6 nitrogen and oxygen atoms in total. The van der Waals surface area contributed by atoms with Crippen molar-refractivity contribution in [1.29, 1.82) is 0 Å². The van der Waals surface area contributed by atoms with Crippen molar-refractivity contribution in [3.05, 3.63) is 0 Å². The standard InChI is InChI=1S/C17H31N3O3S/c1-2-3-6-9-20(10-11-21)15(22)8-5-4-7-14-16-13(12-24-14)18-17(23)19-16/h13-14,16,21H,2-12H2,1H3,(H2,18,19,23)/t13-,14-,16-/m0/s1. The van der Waals surface area contributed by atoms with Crippen molar-refractivity contribution in [3.8, 4) is 0 Å². The maximum atomic E-state index is 12.3. The molecule has 2 saturated heterocycles. The van der Waals surface area contributed by atoms with Gasteiger partial charge in [0, 0.05) is 30.5 Å². The van der Waals surface area contributed by atoms with Crippen molar-refractivity contribution in [3.63, 3.8) is 0 Å². The molecule has 0 aromatic carbocycles. The van der Waals surface area contributed by atoms with Gasteiger partial charge in [-0.2, -0.15) is 11.8 Å². The molecule has 0 aliphatic carbocycles. The topological polar surface area (TPSA) is 81.7 Å².